The van der Waals surface area contributed by atoms with Crippen LogP contribution in [0.1, 0.15) is 101 Å². The zero-order valence-corrected chi connectivity index (χ0v) is 31.0. The van der Waals surface area contributed by atoms with E-state index in [1.165, 1.54) is 24.8 Å². The fraction of sp³-hybridized carbons (Fsp3) is 0.463. The van der Waals surface area contributed by atoms with E-state index in [4.69, 9.17) is 15.5 Å². The summed E-state index contributed by atoms with van der Waals surface area (Å²) in [6.45, 7) is 12.5. The van der Waals surface area contributed by atoms with Crippen molar-refractivity contribution in [2.75, 3.05) is 24.5 Å². The average molecular weight is 704 g/mol. The number of nitrogens with one attached hydrogen (secondary N) is 2. The zero-order valence-electron chi connectivity index (χ0n) is 31.0. The number of nitrogens with two attached hydrogens (primary N) is 1. The maximum Gasteiger partial charge on any atom is 0.320 e. The number of amides is 2. The molecule has 11 nitrogen and oxygen atoms in total. The molecular weight excluding hydrogens is 651 g/mol. The number of amidine groups is 1. The van der Waals surface area contributed by atoms with Gasteiger partial charge in [-0.2, -0.15) is 0 Å². The van der Waals surface area contributed by atoms with Crippen molar-refractivity contribution in [2.45, 2.75) is 97.4 Å². The van der Waals surface area contributed by atoms with Gasteiger partial charge in [-0.1, -0.05) is 57.2 Å². The van der Waals surface area contributed by atoms with E-state index in [0.29, 0.717) is 24.0 Å². The number of piperidine rings is 1. The number of urea groups is 1. The Morgan fingerprint density at radius 2 is 1.75 bits per heavy atom. The number of rotatable bonds is 8. The molecule has 0 radical (unpaired) electrons. The molecule has 2 saturated heterocycles. The van der Waals surface area contributed by atoms with Gasteiger partial charge in [-0.05, 0) is 106 Å². The number of fused-ring (bicyclic) bond motifs is 2. The lowest BCUT2D eigenvalue weighted by Gasteiger charge is -2.33. The fourth-order valence-corrected chi connectivity index (χ4v) is 7.54. The number of ether oxygens (including phenoxy) is 1. The van der Waals surface area contributed by atoms with Crippen molar-refractivity contribution in [2.24, 2.45) is 16.1 Å². The van der Waals surface area contributed by atoms with E-state index in [2.05, 4.69) is 61.8 Å². The maximum absolute atomic E-state index is 13.7. The molecule has 0 unspecified atom stereocenters. The van der Waals surface area contributed by atoms with Crippen LogP contribution in [0.25, 0.3) is 5.65 Å². The fourth-order valence-electron chi connectivity index (χ4n) is 7.54. The van der Waals surface area contributed by atoms with Crippen molar-refractivity contribution in [3.05, 3.63) is 95.3 Å². The monoisotopic (exact) mass is 703 g/mol. The van der Waals surface area contributed by atoms with Crippen LogP contribution >= 0.6 is 0 Å². The van der Waals surface area contributed by atoms with Crippen LogP contribution in [-0.2, 0) is 6.54 Å². The van der Waals surface area contributed by atoms with E-state index in [-0.39, 0.29) is 23.6 Å². The average Bonchev–Trinajstić information content (AvgIpc) is 3.79. The van der Waals surface area contributed by atoms with E-state index >= 15 is 0 Å². The molecule has 2 amide bonds. The molecule has 4 N–H and O–H groups in total. The molecule has 274 valence electrons. The summed E-state index contributed by atoms with van der Waals surface area (Å²) in [5, 5.41) is 15.2. The normalized spacial score (nSPS) is 21.6. The number of anilines is 1. The molecule has 0 saturated carbocycles. The molecule has 4 aromatic rings. The van der Waals surface area contributed by atoms with Crippen LogP contribution in [0, 0.1) is 5.41 Å². The van der Waals surface area contributed by atoms with Crippen LogP contribution in [0.3, 0.4) is 0 Å². The number of benzene rings is 2. The number of hydrogen-bond acceptors (Lipinski definition) is 8. The van der Waals surface area contributed by atoms with Crippen molar-refractivity contribution >= 4 is 29.1 Å². The Labute approximate surface area is 307 Å². The molecule has 4 heterocycles. The summed E-state index contributed by atoms with van der Waals surface area (Å²) in [6, 6.07) is 20.2. The Balaban J connectivity index is 1.07. The third kappa shape index (κ3) is 8.25. The second-order valence-corrected chi connectivity index (χ2v) is 15.6. The lowest BCUT2D eigenvalue weighted by Crippen LogP contribution is -2.42. The topological polar surface area (TPSA) is 125 Å². The summed E-state index contributed by atoms with van der Waals surface area (Å²) in [7, 11) is 0. The Bertz CT molecular complexity index is 1940. The van der Waals surface area contributed by atoms with Gasteiger partial charge in [0.25, 0.3) is 0 Å². The Kier molecular flexibility index (Phi) is 10.5. The molecule has 11 heteroatoms. The minimum absolute atomic E-state index is 0.164. The van der Waals surface area contributed by atoms with E-state index < -0.39 is 0 Å². The molecular formula is C41H53N9O2. The first kappa shape index (κ1) is 35.5. The van der Waals surface area contributed by atoms with Crippen LogP contribution in [-0.4, -0.2) is 57.0 Å². The number of carbonyl (C=O) groups is 1. The van der Waals surface area contributed by atoms with Gasteiger partial charge in [0.2, 0.25) is 5.95 Å². The van der Waals surface area contributed by atoms with Gasteiger partial charge in [-0.3, -0.25) is 14.6 Å². The molecule has 2 aromatic heterocycles. The lowest BCUT2D eigenvalue weighted by molar-refractivity contribution is 0.171. The quantitative estimate of drug-likeness (QED) is 0.128. The van der Waals surface area contributed by atoms with Crippen LogP contribution in [0.5, 0.6) is 5.75 Å². The summed E-state index contributed by atoms with van der Waals surface area (Å²) in [6.07, 6.45) is 11.1. The van der Waals surface area contributed by atoms with E-state index in [0.717, 1.165) is 79.6 Å². The minimum atomic E-state index is -0.332. The Hall–Kier alpha value is -4.90. The van der Waals surface area contributed by atoms with E-state index in [1.807, 2.05) is 67.8 Å². The van der Waals surface area contributed by atoms with Gasteiger partial charge in [0, 0.05) is 36.3 Å². The summed E-state index contributed by atoms with van der Waals surface area (Å²) < 4.78 is 8.72. The van der Waals surface area contributed by atoms with Gasteiger partial charge in [-0.25, -0.2) is 9.79 Å². The SMILES string of the molecule is C[C@H]1CCCCN1c1nnc2ccc(O[C@@H]3CC[C@H](NC(=O)NC(/C=C(\N)C(C)(C)C)=Nc4cccc(CN5CCCC5)c4)c4ccccc43)cn12. The highest BCUT2D eigenvalue weighted by molar-refractivity contribution is 6.05. The molecule has 3 atom stereocenters. The summed E-state index contributed by atoms with van der Waals surface area (Å²) in [4.78, 5) is 23.4. The van der Waals surface area contributed by atoms with Gasteiger partial charge in [0.05, 0.1) is 17.9 Å². The molecule has 2 aliphatic heterocycles. The van der Waals surface area contributed by atoms with Crippen molar-refractivity contribution in [1.29, 1.82) is 0 Å². The number of carbonyl (C=O) groups excluding carboxylic acids is 1. The molecule has 0 bridgehead atoms. The number of allylic oxidation sites excluding steroid dienone is 1. The van der Waals surface area contributed by atoms with Crippen LogP contribution in [0.4, 0.5) is 16.4 Å². The van der Waals surface area contributed by atoms with Gasteiger partial charge < -0.3 is 20.7 Å². The van der Waals surface area contributed by atoms with Crippen LogP contribution in [0.15, 0.2) is 83.6 Å². The van der Waals surface area contributed by atoms with Gasteiger partial charge >= 0.3 is 6.03 Å². The van der Waals surface area contributed by atoms with Crippen molar-refractivity contribution in [3.63, 3.8) is 0 Å². The first-order valence-electron chi connectivity index (χ1n) is 18.9. The summed E-state index contributed by atoms with van der Waals surface area (Å²) >= 11 is 0. The van der Waals surface area contributed by atoms with Crippen molar-refractivity contribution in [3.8, 4) is 5.75 Å². The first-order chi connectivity index (χ1) is 25.1. The highest BCUT2D eigenvalue weighted by atomic mass is 16.5. The Morgan fingerprint density at radius 3 is 2.54 bits per heavy atom. The third-order valence-corrected chi connectivity index (χ3v) is 10.6. The second kappa shape index (κ2) is 15.4. The number of aromatic nitrogens is 3. The summed E-state index contributed by atoms with van der Waals surface area (Å²) in [5.41, 5.74) is 11.7. The maximum atomic E-state index is 13.7. The predicted octanol–water partition coefficient (Wildman–Crippen LogP) is 7.58. The van der Waals surface area contributed by atoms with Crippen molar-refractivity contribution < 1.29 is 9.53 Å². The van der Waals surface area contributed by atoms with Crippen molar-refractivity contribution in [1.82, 2.24) is 30.1 Å². The lowest BCUT2D eigenvalue weighted by atomic mass is 9.85. The van der Waals surface area contributed by atoms with Gasteiger partial charge in [0.15, 0.2) is 5.65 Å². The number of likely N-dealkylation sites (tertiary alicyclic amines) is 1. The molecule has 2 aromatic carbocycles. The highest BCUT2D eigenvalue weighted by Gasteiger charge is 2.30. The smallest absolute Gasteiger partial charge is 0.320 e. The Morgan fingerprint density at radius 1 is 0.962 bits per heavy atom. The molecule has 1 aliphatic carbocycles. The minimum Gasteiger partial charge on any atom is -0.484 e. The summed E-state index contributed by atoms with van der Waals surface area (Å²) in [5.74, 6) is 2.02. The van der Waals surface area contributed by atoms with E-state index in [1.54, 1.807) is 6.08 Å². The molecule has 52 heavy (non-hydrogen) atoms. The van der Waals surface area contributed by atoms with Crippen LogP contribution < -0.4 is 26.0 Å². The molecule has 3 aliphatic rings. The number of aliphatic imine (C=N–C) groups is 1. The molecule has 7 rings (SSSR count). The highest BCUT2D eigenvalue weighted by Crippen LogP contribution is 2.39. The molecule has 2 fully saturated rings. The van der Waals surface area contributed by atoms with Crippen LogP contribution in [0.2, 0.25) is 0 Å². The number of nitrogens with zero attached hydrogens (tertiary/aromatic N) is 6. The van der Waals surface area contributed by atoms with Gasteiger partial charge in [0.1, 0.15) is 17.7 Å². The second-order valence-electron chi connectivity index (χ2n) is 15.6. The number of hydrogen-bond donors (Lipinski definition) is 3. The van der Waals surface area contributed by atoms with E-state index in [9.17, 15) is 4.79 Å². The van der Waals surface area contributed by atoms with Gasteiger partial charge in [-0.15, -0.1) is 10.2 Å². The number of pyridine rings is 1. The standard InChI is InChI=1S/C41H53N9O2/c1-28-12-7-8-23-49(28)40-47-46-38-20-17-31(27-50(38)40)52-35-19-18-34(32-15-5-6-16-33(32)35)44-39(51)45-37(25-36(42)41(2,3)4)43-30-14-11-13-29(24-30)26-48-21-9-10-22-48/h5-6,11,13-17,20,24-25,27-28,34-35H,7-10,12,18-19,21-23,26,42H2,1-4H3,(H2,43,44,45,51)/b36-25-/t28-,34-,35+/m0/s1. The zero-order chi connectivity index (χ0) is 36.2. The largest absolute Gasteiger partial charge is 0.484 e. The predicted molar refractivity (Wildman–Crippen MR) is 207 cm³/mol. The first-order valence-corrected chi connectivity index (χ1v) is 18.9. The third-order valence-electron chi connectivity index (χ3n) is 10.6. The molecule has 0 spiro atoms.